The summed E-state index contributed by atoms with van der Waals surface area (Å²) in [7, 11) is 0. The molecule has 0 fully saturated rings. The van der Waals surface area contributed by atoms with Gasteiger partial charge in [0.15, 0.2) is 5.13 Å². The molecule has 4 aromatic rings. The summed E-state index contributed by atoms with van der Waals surface area (Å²) in [6.45, 7) is 2.88. The van der Waals surface area contributed by atoms with Gasteiger partial charge >= 0.3 is 0 Å². The number of hydrogen-bond donors (Lipinski definition) is 1. The topological polar surface area (TPSA) is 51.2 Å². The Hall–Kier alpha value is -3.44. The highest BCUT2D eigenvalue weighted by Gasteiger charge is 2.14. The van der Waals surface area contributed by atoms with E-state index >= 15 is 0 Å². The minimum atomic E-state index is -0.126. The number of carbonyl (C=O) groups is 1. The minimum absolute atomic E-state index is 0.126. The Morgan fingerprint density at radius 3 is 2.48 bits per heavy atom. The van der Waals surface area contributed by atoms with E-state index in [1.54, 1.807) is 0 Å². The second-order valence-corrected chi connectivity index (χ2v) is 8.72. The highest BCUT2D eigenvalue weighted by atomic mass is 32.1. The van der Waals surface area contributed by atoms with Crippen LogP contribution in [0.2, 0.25) is 0 Å². The van der Waals surface area contributed by atoms with E-state index in [9.17, 15) is 4.79 Å². The van der Waals surface area contributed by atoms with Gasteiger partial charge in [0.25, 0.3) is 5.91 Å². The van der Waals surface area contributed by atoms with Crippen LogP contribution in [-0.4, -0.2) is 17.5 Å². The summed E-state index contributed by atoms with van der Waals surface area (Å²) >= 11 is 1.43. The maximum absolute atomic E-state index is 13.0. The Balaban J connectivity index is 1.40. The van der Waals surface area contributed by atoms with E-state index in [4.69, 9.17) is 4.74 Å². The summed E-state index contributed by atoms with van der Waals surface area (Å²) in [5.74, 6) is 0.738. The highest BCUT2D eigenvalue weighted by Crippen LogP contribution is 2.27. The van der Waals surface area contributed by atoms with E-state index in [2.05, 4.69) is 29.4 Å². The van der Waals surface area contributed by atoms with Gasteiger partial charge in [-0.2, -0.15) is 0 Å². The van der Waals surface area contributed by atoms with Crippen molar-refractivity contribution in [2.45, 2.75) is 32.6 Å². The van der Waals surface area contributed by atoms with Gasteiger partial charge in [0.1, 0.15) is 5.75 Å². The van der Waals surface area contributed by atoms with Crippen molar-refractivity contribution in [3.8, 4) is 17.0 Å². The van der Waals surface area contributed by atoms with Gasteiger partial charge in [-0.1, -0.05) is 61.9 Å². The van der Waals surface area contributed by atoms with Gasteiger partial charge in [0, 0.05) is 16.5 Å². The zero-order valence-corrected chi connectivity index (χ0v) is 19.6. The molecule has 0 unspecified atom stereocenters. The molecule has 33 heavy (non-hydrogen) atoms. The van der Waals surface area contributed by atoms with Crippen LogP contribution in [0.4, 0.5) is 5.13 Å². The number of hydrogen-bond acceptors (Lipinski definition) is 4. The summed E-state index contributed by atoms with van der Waals surface area (Å²) in [4.78, 5) is 17.6. The largest absolute Gasteiger partial charge is 0.494 e. The summed E-state index contributed by atoms with van der Waals surface area (Å²) in [6, 6.07) is 26.0. The van der Waals surface area contributed by atoms with Crippen molar-refractivity contribution in [1.82, 2.24) is 4.98 Å². The van der Waals surface area contributed by atoms with Crippen molar-refractivity contribution >= 4 is 22.4 Å². The zero-order valence-electron chi connectivity index (χ0n) is 18.8. The number of nitrogens with one attached hydrogen (secondary N) is 1. The third-order valence-corrected chi connectivity index (χ3v) is 6.19. The van der Waals surface area contributed by atoms with Crippen molar-refractivity contribution < 1.29 is 9.53 Å². The lowest BCUT2D eigenvalue weighted by Crippen LogP contribution is -2.14. The van der Waals surface area contributed by atoms with Crippen LogP contribution in [0.1, 0.15) is 41.3 Å². The second kappa shape index (κ2) is 11.4. The van der Waals surface area contributed by atoms with Crippen LogP contribution in [0.15, 0.2) is 84.2 Å². The molecule has 0 aliphatic heterocycles. The monoisotopic (exact) mass is 456 g/mol. The van der Waals surface area contributed by atoms with E-state index in [0.717, 1.165) is 54.9 Å². The predicted molar refractivity (Wildman–Crippen MR) is 136 cm³/mol. The molecule has 0 atom stereocenters. The fraction of sp³-hybridized carbons (Fsp3) is 0.214. The zero-order chi connectivity index (χ0) is 22.9. The molecule has 1 aromatic heterocycles. The Bertz CT molecular complexity index is 1170. The first kappa shape index (κ1) is 22.7. The van der Waals surface area contributed by atoms with E-state index in [1.807, 2.05) is 72.1 Å². The number of aromatic nitrogens is 1. The van der Waals surface area contributed by atoms with Crippen LogP contribution in [-0.2, 0) is 12.8 Å². The molecule has 0 bridgehead atoms. The Labute approximate surface area is 199 Å². The van der Waals surface area contributed by atoms with Gasteiger partial charge in [-0.05, 0) is 60.7 Å². The minimum Gasteiger partial charge on any atom is -0.494 e. The van der Waals surface area contributed by atoms with Gasteiger partial charge in [0.2, 0.25) is 0 Å². The Kier molecular flexibility index (Phi) is 7.88. The fourth-order valence-corrected chi connectivity index (χ4v) is 4.28. The van der Waals surface area contributed by atoms with E-state index < -0.39 is 0 Å². The number of carbonyl (C=O) groups excluding carboxylic acids is 1. The molecular weight excluding hydrogens is 428 g/mol. The summed E-state index contributed by atoms with van der Waals surface area (Å²) in [5.41, 5.74) is 4.83. The van der Waals surface area contributed by atoms with Crippen LogP contribution >= 0.6 is 11.3 Å². The molecule has 3 aromatic carbocycles. The van der Waals surface area contributed by atoms with Gasteiger partial charge in [-0.15, -0.1) is 11.3 Å². The van der Waals surface area contributed by atoms with Crippen molar-refractivity contribution in [3.63, 3.8) is 0 Å². The third kappa shape index (κ3) is 6.30. The molecule has 4 rings (SSSR count). The van der Waals surface area contributed by atoms with E-state index in [-0.39, 0.29) is 5.91 Å². The molecule has 0 aliphatic carbocycles. The van der Waals surface area contributed by atoms with E-state index in [1.165, 1.54) is 16.9 Å². The normalized spacial score (nSPS) is 10.7. The number of amides is 1. The number of thiazole rings is 1. The number of rotatable bonds is 10. The maximum Gasteiger partial charge on any atom is 0.257 e. The van der Waals surface area contributed by atoms with E-state index in [0.29, 0.717) is 10.7 Å². The first-order valence-electron chi connectivity index (χ1n) is 11.3. The predicted octanol–water partition coefficient (Wildman–Crippen LogP) is 7.03. The summed E-state index contributed by atoms with van der Waals surface area (Å²) in [5, 5.41) is 5.53. The van der Waals surface area contributed by atoms with Crippen molar-refractivity contribution in [3.05, 3.63) is 101 Å². The number of unbranched alkanes of at least 4 members (excludes halogenated alkanes) is 1. The first-order chi connectivity index (χ1) is 16.2. The van der Waals surface area contributed by atoms with Gasteiger partial charge in [0.05, 0.1) is 12.3 Å². The molecule has 5 heteroatoms. The van der Waals surface area contributed by atoms with Gasteiger partial charge in [-0.25, -0.2) is 4.98 Å². The van der Waals surface area contributed by atoms with Crippen LogP contribution in [0.25, 0.3) is 11.3 Å². The number of nitrogens with zero attached hydrogens (tertiary/aromatic N) is 1. The molecule has 0 spiro atoms. The average molecular weight is 457 g/mol. The second-order valence-electron chi connectivity index (χ2n) is 7.86. The van der Waals surface area contributed by atoms with Crippen LogP contribution < -0.4 is 10.1 Å². The fourth-order valence-electron chi connectivity index (χ4n) is 3.57. The average Bonchev–Trinajstić information content (AvgIpc) is 3.32. The SMILES string of the molecule is CCCCOc1ccc(-c2csc(NC(=O)c3ccccc3CCc3ccccc3)n2)cc1. The smallest absolute Gasteiger partial charge is 0.257 e. The van der Waals surface area contributed by atoms with Crippen molar-refractivity contribution in [1.29, 1.82) is 0 Å². The molecule has 1 heterocycles. The number of anilines is 1. The molecule has 0 saturated heterocycles. The number of aryl methyl sites for hydroxylation is 2. The maximum atomic E-state index is 13.0. The quantitative estimate of drug-likeness (QED) is 0.261. The van der Waals surface area contributed by atoms with Gasteiger partial charge < -0.3 is 4.74 Å². The Morgan fingerprint density at radius 2 is 1.70 bits per heavy atom. The molecule has 168 valence electrons. The van der Waals surface area contributed by atoms with Crippen LogP contribution in [0, 0.1) is 0 Å². The molecule has 1 amide bonds. The van der Waals surface area contributed by atoms with Crippen LogP contribution in [0.3, 0.4) is 0 Å². The molecule has 0 saturated carbocycles. The molecule has 4 nitrogen and oxygen atoms in total. The molecule has 0 aliphatic rings. The highest BCUT2D eigenvalue weighted by molar-refractivity contribution is 7.14. The lowest BCUT2D eigenvalue weighted by atomic mass is 9.99. The first-order valence-corrected chi connectivity index (χ1v) is 12.2. The summed E-state index contributed by atoms with van der Waals surface area (Å²) < 4.78 is 5.73. The lowest BCUT2D eigenvalue weighted by Gasteiger charge is -2.09. The standard InChI is InChI=1S/C28H28N2O2S/c1-2-3-19-32-24-17-15-23(16-18-24)26-20-33-28(29-26)30-27(31)25-12-8-7-11-22(25)14-13-21-9-5-4-6-10-21/h4-12,15-18,20H,2-3,13-14,19H2,1H3,(H,29,30,31). The van der Waals surface area contributed by atoms with Crippen molar-refractivity contribution in [2.24, 2.45) is 0 Å². The third-order valence-electron chi connectivity index (χ3n) is 5.43. The van der Waals surface area contributed by atoms with Crippen molar-refractivity contribution in [2.75, 3.05) is 11.9 Å². The molecule has 0 radical (unpaired) electrons. The van der Waals surface area contributed by atoms with Crippen LogP contribution in [0.5, 0.6) is 5.75 Å². The number of ether oxygens (including phenoxy) is 1. The summed E-state index contributed by atoms with van der Waals surface area (Å²) in [6.07, 6.45) is 3.86. The Morgan fingerprint density at radius 1 is 0.939 bits per heavy atom. The van der Waals surface area contributed by atoms with Gasteiger partial charge in [-0.3, -0.25) is 10.1 Å². The lowest BCUT2D eigenvalue weighted by molar-refractivity contribution is 0.102. The number of benzene rings is 3. The molecule has 1 N–H and O–H groups in total. The molecular formula is C28H28N2O2S.